The molecule has 0 unspecified atom stereocenters. The van der Waals surface area contributed by atoms with Crippen molar-refractivity contribution in [2.45, 2.75) is 11.8 Å². The summed E-state index contributed by atoms with van der Waals surface area (Å²) in [6, 6.07) is 18.6. The van der Waals surface area contributed by atoms with Crippen LogP contribution in [0.5, 0.6) is 0 Å². The number of nitrogens with one attached hydrogen (secondary N) is 1. The number of anilines is 2. The van der Waals surface area contributed by atoms with Gasteiger partial charge in [0.2, 0.25) is 5.91 Å². The van der Waals surface area contributed by atoms with Crippen molar-refractivity contribution in [3.63, 3.8) is 0 Å². The normalized spacial score (nSPS) is 10.9. The molecule has 0 aromatic heterocycles. The Labute approximate surface area is 184 Å². The minimum atomic E-state index is -4.13. The van der Waals surface area contributed by atoms with Crippen molar-refractivity contribution in [2.24, 2.45) is 0 Å². The average molecular weight is 453 g/mol. The molecule has 0 spiro atoms. The highest BCUT2D eigenvalue weighted by Crippen LogP contribution is 2.26. The van der Waals surface area contributed by atoms with Gasteiger partial charge in [-0.05, 0) is 55.5 Å². The number of hydrogen-bond acceptors (Lipinski definition) is 6. The number of rotatable bonds is 8. The molecule has 32 heavy (non-hydrogen) atoms. The molecule has 10 heteroatoms. The van der Waals surface area contributed by atoms with E-state index in [9.17, 15) is 28.1 Å². The van der Waals surface area contributed by atoms with Crippen molar-refractivity contribution in [2.75, 3.05) is 16.2 Å². The number of hydrogen-bond donors (Lipinski definition) is 1. The second-order valence-corrected chi connectivity index (χ2v) is 8.64. The van der Waals surface area contributed by atoms with Crippen LogP contribution in [-0.2, 0) is 14.8 Å². The van der Waals surface area contributed by atoms with Gasteiger partial charge >= 0.3 is 0 Å². The highest BCUT2D eigenvalue weighted by atomic mass is 32.2. The largest absolute Gasteiger partial charge is 0.325 e. The molecule has 0 bridgehead atoms. The third-order valence-electron chi connectivity index (χ3n) is 4.54. The highest BCUT2D eigenvalue weighted by molar-refractivity contribution is 7.92. The SMILES string of the molecule is CC(=O)c1ccc(NC(=O)CN(c2ccc([N+](=O)[O-])cc2)S(=O)(=O)c2ccccc2)cc1. The maximum absolute atomic E-state index is 13.2. The number of carbonyl (C=O) groups excluding carboxylic acids is 2. The summed E-state index contributed by atoms with van der Waals surface area (Å²) in [6.45, 7) is 0.855. The van der Waals surface area contributed by atoms with Crippen LogP contribution < -0.4 is 9.62 Å². The molecule has 0 heterocycles. The smallest absolute Gasteiger partial charge is 0.269 e. The zero-order valence-corrected chi connectivity index (χ0v) is 17.8. The molecule has 3 aromatic rings. The number of amides is 1. The maximum Gasteiger partial charge on any atom is 0.269 e. The molecule has 0 atom stereocenters. The average Bonchev–Trinajstić information content (AvgIpc) is 2.78. The first kappa shape index (κ1) is 22.6. The molecule has 0 aliphatic rings. The predicted octanol–water partition coefficient (Wildman–Crippen LogP) is 3.63. The third-order valence-corrected chi connectivity index (χ3v) is 6.33. The van der Waals surface area contributed by atoms with Crippen molar-refractivity contribution in [3.8, 4) is 0 Å². The topological polar surface area (TPSA) is 127 Å². The molecule has 0 aliphatic heterocycles. The van der Waals surface area contributed by atoms with Gasteiger partial charge in [0.1, 0.15) is 6.54 Å². The van der Waals surface area contributed by atoms with E-state index in [-0.39, 0.29) is 22.1 Å². The summed E-state index contributed by atoms with van der Waals surface area (Å²) in [6.07, 6.45) is 0. The number of non-ortho nitro benzene ring substituents is 1. The summed E-state index contributed by atoms with van der Waals surface area (Å²) in [5.41, 5.74) is 0.755. The Morgan fingerprint density at radius 1 is 0.938 bits per heavy atom. The molecule has 1 N–H and O–H groups in total. The van der Waals surface area contributed by atoms with Gasteiger partial charge < -0.3 is 5.32 Å². The van der Waals surface area contributed by atoms with E-state index in [2.05, 4.69) is 5.32 Å². The fourth-order valence-electron chi connectivity index (χ4n) is 2.89. The van der Waals surface area contributed by atoms with Crippen molar-refractivity contribution < 1.29 is 22.9 Å². The molecular weight excluding hydrogens is 434 g/mol. The molecule has 0 aliphatic carbocycles. The molecule has 1 amide bonds. The predicted molar refractivity (Wildman–Crippen MR) is 119 cm³/mol. The molecule has 0 saturated carbocycles. The van der Waals surface area contributed by atoms with E-state index in [1.165, 1.54) is 55.5 Å². The zero-order chi connectivity index (χ0) is 23.3. The Hall–Kier alpha value is -4.05. The lowest BCUT2D eigenvalue weighted by Crippen LogP contribution is -2.38. The summed E-state index contributed by atoms with van der Waals surface area (Å²) in [5.74, 6) is -0.750. The second kappa shape index (κ2) is 9.40. The van der Waals surface area contributed by atoms with Crippen molar-refractivity contribution >= 4 is 38.8 Å². The van der Waals surface area contributed by atoms with E-state index >= 15 is 0 Å². The van der Waals surface area contributed by atoms with Crippen LogP contribution in [0, 0.1) is 10.1 Å². The minimum Gasteiger partial charge on any atom is -0.325 e. The standard InChI is InChI=1S/C22H19N3O6S/c1-16(26)17-7-9-18(10-8-17)23-22(27)15-24(19-11-13-20(14-12-19)25(28)29)32(30,31)21-5-3-2-4-6-21/h2-14H,15H2,1H3,(H,23,27). The van der Waals surface area contributed by atoms with E-state index in [0.29, 0.717) is 11.3 Å². The van der Waals surface area contributed by atoms with Crippen LogP contribution in [0.15, 0.2) is 83.8 Å². The van der Waals surface area contributed by atoms with Gasteiger partial charge in [0.15, 0.2) is 5.78 Å². The lowest BCUT2D eigenvalue weighted by Gasteiger charge is -2.24. The minimum absolute atomic E-state index is 0.0306. The molecule has 0 fully saturated rings. The Bertz CT molecular complexity index is 1240. The first-order chi connectivity index (χ1) is 15.2. The number of nitrogens with zero attached hydrogens (tertiary/aromatic N) is 2. The summed E-state index contributed by atoms with van der Waals surface area (Å²) in [7, 11) is -4.13. The van der Waals surface area contributed by atoms with E-state index in [1.807, 2.05) is 0 Å². The Morgan fingerprint density at radius 2 is 1.53 bits per heavy atom. The third kappa shape index (κ3) is 5.16. The van der Waals surface area contributed by atoms with Gasteiger partial charge in [-0.15, -0.1) is 0 Å². The lowest BCUT2D eigenvalue weighted by molar-refractivity contribution is -0.384. The second-order valence-electron chi connectivity index (χ2n) is 6.78. The van der Waals surface area contributed by atoms with Crippen LogP contribution in [-0.4, -0.2) is 31.6 Å². The number of carbonyl (C=O) groups is 2. The van der Waals surface area contributed by atoms with Crippen molar-refractivity contribution in [1.82, 2.24) is 0 Å². The van der Waals surface area contributed by atoms with Crippen LogP contribution in [0.4, 0.5) is 17.1 Å². The van der Waals surface area contributed by atoms with E-state index < -0.39 is 27.4 Å². The van der Waals surface area contributed by atoms with E-state index in [0.717, 1.165) is 4.31 Å². The Morgan fingerprint density at radius 3 is 2.06 bits per heavy atom. The van der Waals surface area contributed by atoms with Crippen LogP contribution >= 0.6 is 0 Å². The van der Waals surface area contributed by atoms with E-state index in [4.69, 9.17) is 0 Å². The zero-order valence-electron chi connectivity index (χ0n) is 17.0. The number of Topliss-reactive ketones (excluding diaryl/α,β-unsaturated/α-hetero) is 1. The number of ketones is 1. The maximum atomic E-state index is 13.2. The molecule has 0 saturated heterocycles. The summed E-state index contributed by atoms with van der Waals surface area (Å²) in [5, 5.41) is 13.5. The summed E-state index contributed by atoms with van der Waals surface area (Å²) >= 11 is 0. The van der Waals surface area contributed by atoms with Gasteiger partial charge in [0, 0.05) is 23.4 Å². The molecule has 9 nitrogen and oxygen atoms in total. The van der Waals surface area contributed by atoms with Gasteiger partial charge in [-0.2, -0.15) is 0 Å². The van der Waals surface area contributed by atoms with E-state index in [1.54, 1.807) is 30.3 Å². The number of nitro benzene ring substituents is 1. The van der Waals surface area contributed by atoms with Gasteiger partial charge in [0.05, 0.1) is 15.5 Å². The van der Waals surface area contributed by atoms with Gasteiger partial charge in [-0.1, -0.05) is 18.2 Å². The first-order valence-corrected chi connectivity index (χ1v) is 10.9. The monoisotopic (exact) mass is 453 g/mol. The van der Waals surface area contributed by atoms with Crippen LogP contribution in [0.2, 0.25) is 0 Å². The Kier molecular flexibility index (Phi) is 6.64. The number of benzene rings is 3. The highest BCUT2D eigenvalue weighted by Gasteiger charge is 2.27. The molecule has 3 rings (SSSR count). The summed E-state index contributed by atoms with van der Waals surface area (Å²) in [4.78, 5) is 34.4. The van der Waals surface area contributed by atoms with Gasteiger partial charge in [-0.3, -0.25) is 24.0 Å². The molecule has 3 aromatic carbocycles. The van der Waals surface area contributed by atoms with Crippen molar-refractivity contribution in [3.05, 3.63) is 94.5 Å². The summed E-state index contributed by atoms with van der Waals surface area (Å²) < 4.78 is 27.3. The number of sulfonamides is 1. The fraction of sp³-hybridized carbons (Fsp3) is 0.0909. The van der Waals surface area contributed by atoms with Crippen molar-refractivity contribution in [1.29, 1.82) is 0 Å². The lowest BCUT2D eigenvalue weighted by atomic mass is 10.1. The Balaban J connectivity index is 1.90. The molecule has 164 valence electrons. The van der Waals surface area contributed by atoms with Crippen LogP contribution in [0.25, 0.3) is 0 Å². The van der Waals surface area contributed by atoms with Crippen LogP contribution in [0.3, 0.4) is 0 Å². The van der Waals surface area contributed by atoms with Gasteiger partial charge in [-0.25, -0.2) is 8.42 Å². The van der Waals surface area contributed by atoms with Crippen LogP contribution in [0.1, 0.15) is 17.3 Å². The molecule has 0 radical (unpaired) electrons. The molecular formula is C22H19N3O6S. The number of nitro groups is 1. The fourth-order valence-corrected chi connectivity index (χ4v) is 4.34. The quantitative estimate of drug-likeness (QED) is 0.315. The van der Waals surface area contributed by atoms with Gasteiger partial charge in [0.25, 0.3) is 15.7 Å². The first-order valence-electron chi connectivity index (χ1n) is 9.41.